The van der Waals surface area contributed by atoms with E-state index in [1.807, 2.05) is 53.0 Å². The van der Waals surface area contributed by atoms with Crippen molar-refractivity contribution in [2.75, 3.05) is 19.0 Å². The molecule has 0 bridgehead atoms. The standard InChI is InChI=1S/C22H24N4O2/c1-15(27)26-13-12-20-19(14-26)22(24-25(20)2)23-17-10-8-16(9-11-17)18-6-4-5-7-21(18)28-3/h4-11H,12-14H2,1-3H3,(H,23,24). The third kappa shape index (κ3) is 3.33. The van der Waals surface area contributed by atoms with Crippen LogP contribution in [0, 0.1) is 0 Å². The van der Waals surface area contributed by atoms with Crippen LogP contribution >= 0.6 is 0 Å². The Bertz CT molecular complexity index is 1010. The number of carbonyl (C=O) groups is 1. The Morgan fingerprint density at radius 3 is 2.61 bits per heavy atom. The zero-order valence-corrected chi connectivity index (χ0v) is 16.4. The summed E-state index contributed by atoms with van der Waals surface area (Å²) < 4.78 is 7.37. The topological polar surface area (TPSA) is 59.4 Å². The van der Waals surface area contributed by atoms with Crippen LogP contribution in [0.15, 0.2) is 48.5 Å². The van der Waals surface area contributed by atoms with Crippen LogP contribution < -0.4 is 10.1 Å². The van der Waals surface area contributed by atoms with Crippen LogP contribution in [0.3, 0.4) is 0 Å². The van der Waals surface area contributed by atoms with Gasteiger partial charge in [-0.25, -0.2) is 0 Å². The van der Waals surface area contributed by atoms with Crippen molar-refractivity contribution in [2.24, 2.45) is 7.05 Å². The van der Waals surface area contributed by atoms with Crippen molar-refractivity contribution in [3.63, 3.8) is 0 Å². The molecule has 1 aliphatic heterocycles. The molecule has 28 heavy (non-hydrogen) atoms. The Hall–Kier alpha value is -3.28. The minimum absolute atomic E-state index is 0.0987. The van der Waals surface area contributed by atoms with E-state index in [1.54, 1.807) is 14.0 Å². The summed E-state index contributed by atoms with van der Waals surface area (Å²) in [5.74, 6) is 1.77. The van der Waals surface area contributed by atoms with Crippen molar-refractivity contribution in [1.29, 1.82) is 0 Å². The Morgan fingerprint density at radius 2 is 1.89 bits per heavy atom. The minimum Gasteiger partial charge on any atom is -0.496 e. The molecule has 2 aromatic carbocycles. The fraction of sp³-hybridized carbons (Fsp3) is 0.273. The Morgan fingerprint density at radius 1 is 1.14 bits per heavy atom. The number of anilines is 2. The van der Waals surface area contributed by atoms with Crippen molar-refractivity contribution in [3.8, 4) is 16.9 Å². The number of methoxy groups -OCH3 is 1. The highest BCUT2D eigenvalue weighted by molar-refractivity contribution is 5.75. The summed E-state index contributed by atoms with van der Waals surface area (Å²) in [6, 6.07) is 16.2. The van der Waals surface area contributed by atoms with Crippen LogP contribution in [0.25, 0.3) is 11.1 Å². The number of ether oxygens (including phenoxy) is 1. The molecule has 1 amide bonds. The SMILES string of the molecule is COc1ccccc1-c1ccc(Nc2nn(C)c3c2CN(C(C)=O)CC3)cc1. The highest BCUT2D eigenvalue weighted by Crippen LogP contribution is 2.32. The van der Waals surface area contributed by atoms with Gasteiger partial charge in [-0.3, -0.25) is 9.48 Å². The second kappa shape index (κ2) is 7.38. The first kappa shape index (κ1) is 18.1. The molecule has 1 N–H and O–H groups in total. The summed E-state index contributed by atoms with van der Waals surface area (Å²) >= 11 is 0. The Kier molecular flexibility index (Phi) is 4.77. The monoisotopic (exact) mass is 376 g/mol. The molecular weight excluding hydrogens is 352 g/mol. The van der Waals surface area contributed by atoms with Gasteiger partial charge < -0.3 is 15.0 Å². The molecule has 0 saturated heterocycles. The van der Waals surface area contributed by atoms with E-state index in [-0.39, 0.29) is 5.91 Å². The second-order valence-electron chi connectivity index (χ2n) is 6.99. The molecule has 0 fully saturated rings. The van der Waals surface area contributed by atoms with Gasteiger partial charge in [0.25, 0.3) is 0 Å². The number of para-hydroxylation sites is 1. The smallest absolute Gasteiger partial charge is 0.219 e. The number of amides is 1. The fourth-order valence-corrected chi connectivity index (χ4v) is 3.71. The molecule has 3 aromatic rings. The molecular formula is C22H24N4O2. The van der Waals surface area contributed by atoms with Crippen LogP contribution in [0.2, 0.25) is 0 Å². The van der Waals surface area contributed by atoms with Gasteiger partial charge in [-0.2, -0.15) is 5.10 Å². The largest absolute Gasteiger partial charge is 0.496 e. The van der Waals surface area contributed by atoms with E-state index in [9.17, 15) is 4.79 Å². The highest BCUT2D eigenvalue weighted by Gasteiger charge is 2.25. The molecule has 0 saturated carbocycles. The first-order chi connectivity index (χ1) is 13.6. The maximum absolute atomic E-state index is 11.8. The van der Waals surface area contributed by atoms with Crippen LogP contribution in [-0.4, -0.2) is 34.2 Å². The molecule has 1 aliphatic rings. The second-order valence-corrected chi connectivity index (χ2v) is 6.99. The van der Waals surface area contributed by atoms with Gasteiger partial charge in [0.1, 0.15) is 5.75 Å². The minimum atomic E-state index is 0.0987. The molecule has 0 atom stereocenters. The third-order valence-corrected chi connectivity index (χ3v) is 5.25. The lowest BCUT2D eigenvalue weighted by atomic mass is 10.0. The summed E-state index contributed by atoms with van der Waals surface area (Å²) in [7, 11) is 3.64. The quantitative estimate of drug-likeness (QED) is 0.754. The van der Waals surface area contributed by atoms with Crippen LogP contribution in [-0.2, 0) is 24.8 Å². The molecule has 2 heterocycles. The van der Waals surface area contributed by atoms with Gasteiger partial charge in [-0.15, -0.1) is 0 Å². The maximum atomic E-state index is 11.8. The number of hydrogen-bond donors (Lipinski definition) is 1. The van der Waals surface area contributed by atoms with E-state index in [2.05, 4.69) is 22.5 Å². The number of aromatic nitrogens is 2. The van der Waals surface area contributed by atoms with Crippen molar-refractivity contribution >= 4 is 17.4 Å². The van der Waals surface area contributed by atoms with Crippen LogP contribution in [0.5, 0.6) is 5.75 Å². The van der Waals surface area contributed by atoms with Gasteiger partial charge in [0, 0.05) is 49.4 Å². The van der Waals surface area contributed by atoms with E-state index in [0.29, 0.717) is 6.54 Å². The predicted octanol–water partition coefficient (Wildman–Crippen LogP) is 3.74. The summed E-state index contributed by atoms with van der Waals surface area (Å²) in [6.45, 7) is 2.96. The molecule has 144 valence electrons. The van der Waals surface area contributed by atoms with Gasteiger partial charge >= 0.3 is 0 Å². The van der Waals surface area contributed by atoms with Crippen molar-refractivity contribution in [3.05, 3.63) is 59.8 Å². The summed E-state index contributed by atoms with van der Waals surface area (Å²) in [5.41, 5.74) is 5.39. The number of aryl methyl sites for hydroxylation is 1. The zero-order chi connectivity index (χ0) is 19.7. The Labute approximate surface area is 164 Å². The zero-order valence-electron chi connectivity index (χ0n) is 16.4. The number of rotatable bonds is 4. The first-order valence-electron chi connectivity index (χ1n) is 9.37. The average molecular weight is 376 g/mol. The molecule has 6 nitrogen and oxygen atoms in total. The number of hydrogen-bond acceptors (Lipinski definition) is 4. The van der Waals surface area contributed by atoms with E-state index < -0.39 is 0 Å². The van der Waals surface area contributed by atoms with Gasteiger partial charge in [0.15, 0.2) is 5.82 Å². The van der Waals surface area contributed by atoms with Gasteiger partial charge in [-0.05, 0) is 23.8 Å². The fourth-order valence-electron chi connectivity index (χ4n) is 3.71. The molecule has 6 heteroatoms. The summed E-state index contributed by atoms with van der Waals surface area (Å²) in [4.78, 5) is 13.6. The lowest BCUT2D eigenvalue weighted by molar-refractivity contribution is -0.129. The van der Waals surface area contributed by atoms with E-state index in [1.165, 1.54) is 5.69 Å². The number of carbonyl (C=O) groups excluding carboxylic acids is 1. The lowest BCUT2D eigenvalue weighted by Gasteiger charge is -2.26. The van der Waals surface area contributed by atoms with Gasteiger partial charge in [0.05, 0.1) is 13.7 Å². The van der Waals surface area contributed by atoms with E-state index >= 15 is 0 Å². The maximum Gasteiger partial charge on any atom is 0.219 e. The molecule has 1 aromatic heterocycles. The first-order valence-corrected chi connectivity index (χ1v) is 9.37. The number of benzene rings is 2. The van der Waals surface area contributed by atoms with Gasteiger partial charge in [0.2, 0.25) is 5.91 Å². The van der Waals surface area contributed by atoms with Crippen molar-refractivity contribution in [1.82, 2.24) is 14.7 Å². The van der Waals surface area contributed by atoms with Gasteiger partial charge in [-0.1, -0.05) is 30.3 Å². The van der Waals surface area contributed by atoms with Crippen molar-refractivity contribution in [2.45, 2.75) is 19.9 Å². The highest BCUT2D eigenvalue weighted by atomic mass is 16.5. The van der Waals surface area contributed by atoms with Crippen molar-refractivity contribution < 1.29 is 9.53 Å². The summed E-state index contributed by atoms with van der Waals surface area (Å²) in [5, 5.41) is 8.06. The Balaban J connectivity index is 1.58. The number of nitrogens with one attached hydrogen (secondary N) is 1. The lowest BCUT2D eigenvalue weighted by Crippen LogP contribution is -2.34. The van der Waals surface area contributed by atoms with E-state index in [4.69, 9.17) is 4.74 Å². The van der Waals surface area contributed by atoms with Crippen LogP contribution in [0.4, 0.5) is 11.5 Å². The molecule has 0 radical (unpaired) electrons. The molecule has 0 spiro atoms. The number of fused-ring (bicyclic) bond motifs is 1. The molecule has 0 aliphatic carbocycles. The van der Waals surface area contributed by atoms with Crippen LogP contribution in [0.1, 0.15) is 18.2 Å². The molecule has 4 rings (SSSR count). The number of nitrogens with zero attached hydrogens (tertiary/aromatic N) is 3. The summed E-state index contributed by atoms with van der Waals surface area (Å²) in [6.07, 6.45) is 0.826. The normalized spacial score (nSPS) is 13.2. The average Bonchev–Trinajstić information content (AvgIpc) is 3.03. The third-order valence-electron chi connectivity index (χ3n) is 5.25. The predicted molar refractivity (Wildman–Crippen MR) is 110 cm³/mol. The molecule has 0 unspecified atom stereocenters. The van der Waals surface area contributed by atoms with E-state index in [0.717, 1.165) is 46.9 Å².